The lowest BCUT2D eigenvalue weighted by Gasteiger charge is -2.26. The highest BCUT2D eigenvalue weighted by atomic mass is 35.5. The van der Waals surface area contributed by atoms with Crippen LogP contribution in [-0.2, 0) is 18.3 Å². The van der Waals surface area contributed by atoms with Crippen LogP contribution in [0.4, 0.5) is 0 Å². The Morgan fingerprint density at radius 3 is 2.72 bits per heavy atom. The number of aromatic nitrogens is 2. The molecule has 0 saturated carbocycles. The number of hydrogen-bond acceptors (Lipinski definition) is 4. The van der Waals surface area contributed by atoms with E-state index in [1.807, 2.05) is 18.0 Å². The zero-order valence-electron chi connectivity index (χ0n) is 16.9. The van der Waals surface area contributed by atoms with Crippen LogP contribution in [0.5, 0.6) is 5.75 Å². The molecule has 8 heteroatoms. The second-order valence-electron chi connectivity index (χ2n) is 7.25. The van der Waals surface area contributed by atoms with Gasteiger partial charge in [-0.3, -0.25) is 14.3 Å². The molecule has 0 aliphatic carbocycles. The summed E-state index contributed by atoms with van der Waals surface area (Å²) in [5, 5.41) is 4.64. The monoisotopic (exact) mass is 418 g/mol. The molecule has 1 aliphatic rings. The lowest BCUT2D eigenvalue weighted by molar-refractivity contribution is -0.131. The molecule has 156 valence electrons. The third kappa shape index (κ3) is 5.50. The summed E-state index contributed by atoms with van der Waals surface area (Å²) in [7, 11) is 3.65. The number of nitrogens with zero attached hydrogens (tertiary/aromatic N) is 4. The van der Waals surface area contributed by atoms with Gasteiger partial charge in [-0.1, -0.05) is 11.6 Å². The Hall–Kier alpha value is -2.54. The fraction of sp³-hybridized carbons (Fsp3) is 0.476. The van der Waals surface area contributed by atoms with Crippen LogP contribution >= 0.6 is 11.6 Å². The van der Waals surface area contributed by atoms with Crippen LogP contribution in [0.1, 0.15) is 35.3 Å². The van der Waals surface area contributed by atoms with E-state index in [0.29, 0.717) is 55.4 Å². The summed E-state index contributed by atoms with van der Waals surface area (Å²) in [6.07, 6.45) is 4.49. The Labute approximate surface area is 176 Å². The third-order valence-corrected chi connectivity index (χ3v) is 5.41. The third-order valence-electron chi connectivity index (χ3n) is 5.18. The van der Waals surface area contributed by atoms with Crippen molar-refractivity contribution in [3.8, 4) is 5.75 Å². The van der Waals surface area contributed by atoms with Gasteiger partial charge in [0.1, 0.15) is 12.4 Å². The van der Waals surface area contributed by atoms with E-state index >= 15 is 0 Å². The first-order chi connectivity index (χ1) is 14.0. The zero-order chi connectivity index (χ0) is 20.8. The van der Waals surface area contributed by atoms with E-state index in [9.17, 15) is 9.59 Å². The van der Waals surface area contributed by atoms with E-state index in [1.54, 1.807) is 41.0 Å². The van der Waals surface area contributed by atoms with Crippen LogP contribution in [0.2, 0.25) is 5.02 Å². The Morgan fingerprint density at radius 1 is 1.17 bits per heavy atom. The van der Waals surface area contributed by atoms with Gasteiger partial charge in [-0.25, -0.2) is 0 Å². The van der Waals surface area contributed by atoms with E-state index in [0.717, 1.165) is 18.5 Å². The van der Waals surface area contributed by atoms with Crippen LogP contribution in [-0.4, -0.2) is 64.7 Å². The minimum Gasteiger partial charge on any atom is -0.491 e. The second kappa shape index (κ2) is 9.78. The molecule has 0 radical (unpaired) electrons. The maximum absolute atomic E-state index is 12.8. The van der Waals surface area contributed by atoms with Gasteiger partial charge in [0.05, 0.1) is 12.1 Å². The zero-order valence-corrected chi connectivity index (χ0v) is 17.7. The molecular weight excluding hydrogens is 392 g/mol. The second-order valence-corrected chi connectivity index (χ2v) is 7.69. The molecule has 0 saturated heterocycles. The highest BCUT2D eigenvalue weighted by Crippen LogP contribution is 2.24. The smallest absolute Gasteiger partial charge is 0.257 e. The van der Waals surface area contributed by atoms with Crippen molar-refractivity contribution in [2.24, 2.45) is 7.05 Å². The number of halogens is 1. The normalized spacial score (nSPS) is 15.9. The van der Waals surface area contributed by atoms with Crippen LogP contribution in [0.15, 0.2) is 30.5 Å². The molecule has 3 rings (SSSR count). The van der Waals surface area contributed by atoms with E-state index in [2.05, 4.69) is 5.10 Å². The SMILES string of the molecule is CN1CCCCN(C(=O)CCc2ccnn2C)CCOc2ccc(Cl)cc2C1=O. The molecule has 2 aromatic rings. The number of amides is 2. The molecule has 0 fully saturated rings. The largest absolute Gasteiger partial charge is 0.491 e. The fourth-order valence-electron chi connectivity index (χ4n) is 3.42. The molecule has 0 spiro atoms. The van der Waals surface area contributed by atoms with E-state index < -0.39 is 0 Å². The number of fused-ring (bicyclic) bond motifs is 1. The highest BCUT2D eigenvalue weighted by molar-refractivity contribution is 6.31. The number of benzene rings is 1. The molecule has 1 aliphatic heterocycles. The molecule has 7 nitrogen and oxygen atoms in total. The summed E-state index contributed by atoms with van der Waals surface area (Å²) in [5.74, 6) is 0.494. The summed E-state index contributed by atoms with van der Waals surface area (Å²) in [4.78, 5) is 29.0. The average Bonchev–Trinajstić information content (AvgIpc) is 3.12. The minimum atomic E-state index is -0.104. The van der Waals surface area contributed by atoms with Crippen LogP contribution in [0.25, 0.3) is 0 Å². The molecule has 29 heavy (non-hydrogen) atoms. The number of ether oxygens (including phenoxy) is 1. The van der Waals surface area contributed by atoms with Crippen LogP contribution in [0, 0.1) is 0 Å². The first kappa shape index (κ1) is 21.2. The quantitative estimate of drug-likeness (QED) is 0.768. The predicted molar refractivity (Wildman–Crippen MR) is 111 cm³/mol. The minimum absolute atomic E-state index is 0.104. The van der Waals surface area contributed by atoms with Gasteiger partial charge in [-0.2, -0.15) is 5.10 Å². The molecular formula is C21H27ClN4O3. The lowest BCUT2D eigenvalue weighted by Crippen LogP contribution is -2.37. The Balaban J connectivity index is 1.68. The molecule has 0 bridgehead atoms. The van der Waals surface area contributed by atoms with Gasteiger partial charge in [0.25, 0.3) is 5.91 Å². The van der Waals surface area contributed by atoms with E-state index in [-0.39, 0.29) is 11.8 Å². The van der Waals surface area contributed by atoms with Gasteiger partial charge >= 0.3 is 0 Å². The van der Waals surface area contributed by atoms with Crippen molar-refractivity contribution in [1.29, 1.82) is 0 Å². The van der Waals surface area contributed by atoms with Crippen molar-refractivity contribution in [1.82, 2.24) is 19.6 Å². The van der Waals surface area contributed by atoms with Gasteiger partial charge in [-0.15, -0.1) is 0 Å². The van der Waals surface area contributed by atoms with E-state index in [4.69, 9.17) is 16.3 Å². The van der Waals surface area contributed by atoms with Crippen LogP contribution in [0.3, 0.4) is 0 Å². The topological polar surface area (TPSA) is 67.7 Å². The number of carbonyl (C=O) groups is 2. The van der Waals surface area contributed by atoms with Gasteiger partial charge in [-0.05, 0) is 43.5 Å². The highest BCUT2D eigenvalue weighted by Gasteiger charge is 2.20. The van der Waals surface area contributed by atoms with Crippen molar-refractivity contribution in [2.75, 3.05) is 33.3 Å². The Kier molecular flexibility index (Phi) is 7.14. The maximum Gasteiger partial charge on any atom is 0.257 e. The Morgan fingerprint density at radius 2 is 1.97 bits per heavy atom. The molecule has 0 atom stereocenters. The fourth-order valence-corrected chi connectivity index (χ4v) is 3.59. The molecule has 0 N–H and O–H groups in total. The average molecular weight is 419 g/mol. The van der Waals surface area contributed by atoms with Crippen molar-refractivity contribution >= 4 is 23.4 Å². The standard InChI is InChI=1S/C21H27ClN4O3/c1-24-11-3-4-12-26(20(27)8-6-17-9-10-23-25(17)2)13-14-29-19-7-5-16(22)15-18(19)21(24)28/h5,7,9-10,15H,3-4,6,8,11-14H2,1-2H3. The summed E-state index contributed by atoms with van der Waals surface area (Å²) >= 11 is 6.08. The van der Waals surface area contributed by atoms with Gasteiger partial charge in [0.2, 0.25) is 5.91 Å². The van der Waals surface area contributed by atoms with Gasteiger partial charge in [0.15, 0.2) is 0 Å². The predicted octanol–water partition coefficient (Wildman–Crippen LogP) is 2.78. The first-order valence-corrected chi connectivity index (χ1v) is 10.3. The summed E-state index contributed by atoms with van der Waals surface area (Å²) in [5.41, 5.74) is 1.49. The number of hydrogen-bond donors (Lipinski definition) is 0. The number of carbonyl (C=O) groups excluding carboxylic acids is 2. The van der Waals surface area contributed by atoms with Crippen molar-refractivity contribution < 1.29 is 14.3 Å². The summed E-state index contributed by atoms with van der Waals surface area (Å²) in [6, 6.07) is 6.99. The Bertz CT molecular complexity index is 867. The van der Waals surface area contributed by atoms with E-state index in [1.165, 1.54) is 0 Å². The molecule has 1 aromatic heterocycles. The molecule has 0 unspecified atom stereocenters. The number of aryl methyl sites for hydroxylation is 2. The summed E-state index contributed by atoms with van der Waals surface area (Å²) in [6.45, 7) is 2.07. The molecule has 2 amide bonds. The summed E-state index contributed by atoms with van der Waals surface area (Å²) < 4.78 is 7.66. The first-order valence-electron chi connectivity index (χ1n) is 9.88. The maximum atomic E-state index is 12.8. The van der Waals surface area contributed by atoms with Crippen LogP contribution < -0.4 is 4.74 Å². The van der Waals surface area contributed by atoms with Crippen molar-refractivity contribution in [3.05, 3.63) is 46.7 Å². The van der Waals surface area contributed by atoms with Crippen molar-refractivity contribution in [2.45, 2.75) is 25.7 Å². The van der Waals surface area contributed by atoms with Crippen molar-refractivity contribution in [3.63, 3.8) is 0 Å². The molecule has 2 heterocycles. The lowest BCUT2D eigenvalue weighted by atomic mass is 10.1. The van der Waals surface area contributed by atoms with Gasteiger partial charge in [0, 0.05) is 50.5 Å². The van der Waals surface area contributed by atoms with Gasteiger partial charge < -0.3 is 14.5 Å². The molecule has 1 aromatic carbocycles. The number of rotatable bonds is 3.